The number of ether oxygens (including phenoxy) is 1. The molecule has 0 bridgehead atoms. The lowest BCUT2D eigenvalue weighted by molar-refractivity contribution is -0.308. The van der Waals surface area contributed by atoms with Crippen LogP contribution in [0.2, 0.25) is 0 Å². The van der Waals surface area contributed by atoms with Crippen LogP contribution in [0.3, 0.4) is 0 Å². The van der Waals surface area contributed by atoms with Crippen LogP contribution in [-0.4, -0.2) is 87.8 Å². The predicted molar refractivity (Wildman–Crippen MR) is 79.3 cm³/mol. The molecule has 136 valence electrons. The minimum absolute atomic E-state index is 0.408. The average molecular weight is 366 g/mol. The number of amides is 1. The maximum Gasteiger partial charge on any atom is 0.434 e. The third-order valence-electron chi connectivity index (χ3n) is 3.43. The fraction of sp³-hybridized carbons (Fsp3) is 0.917. The van der Waals surface area contributed by atoms with Crippen molar-refractivity contribution in [1.29, 1.82) is 0 Å². The second-order valence-corrected chi connectivity index (χ2v) is 6.83. The summed E-state index contributed by atoms with van der Waals surface area (Å²) in [5.41, 5.74) is -0.667. The van der Waals surface area contributed by atoms with E-state index in [1.807, 2.05) is 0 Å². The van der Waals surface area contributed by atoms with Crippen LogP contribution in [0.25, 0.3) is 0 Å². The van der Waals surface area contributed by atoms with E-state index >= 15 is 0 Å². The van der Waals surface area contributed by atoms with Crippen LogP contribution in [0.1, 0.15) is 20.8 Å². The molecule has 1 heterocycles. The molecule has 0 aliphatic carbocycles. The zero-order valence-corrected chi connectivity index (χ0v) is 13.8. The molecule has 0 aromatic heterocycles. The van der Waals surface area contributed by atoms with Crippen LogP contribution >= 0.6 is 0 Å². The molecule has 1 rings (SSSR count). The maximum absolute atomic E-state index is 12.5. The molecule has 25 heavy (non-hydrogen) atoms. The van der Waals surface area contributed by atoms with Gasteiger partial charge in [0.25, 0.3) is 6.10 Å². The van der Waals surface area contributed by atoms with Crippen molar-refractivity contribution in [3.05, 3.63) is 0 Å². The molecule has 1 amide bonds. The van der Waals surface area contributed by atoms with E-state index < -0.39 is 54.5 Å². The van der Waals surface area contributed by atoms with Gasteiger partial charge in [0.05, 0.1) is 23.5 Å². The number of hydrogen-bond donors (Lipinski definition) is 0. The van der Waals surface area contributed by atoms with Gasteiger partial charge in [0, 0.05) is 18.6 Å². The van der Waals surface area contributed by atoms with Crippen molar-refractivity contribution < 1.29 is 35.9 Å². The molecular weight excluding hydrogens is 351 g/mol. The van der Waals surface area contributed by atoms with Crippen LogP contribution in [0, 0.1) is 0 Å². The van der Waals surface area contributed by atoms with Gasteiger partial charge >= 0.3 is 18.4 Å². The molecule has 1 aliphatic heterocycles. The van der Waals surface area contributed by atoms with Gasteiger partial charge in [-0.3, -0.25) is 0 Å². The average Bonchev–Trinajstić information content (AvgIpc) is 2.28. The molecular formula is C12H15B3F6N2O2. The number of hydrogen-bond acceptors (Lipinski definition) is 3. The molecule has 0 saturated carbocycles. The molecule has 0 N–H and O–H groups in total. The van der Waals surface area contributed by atoms with Crippen molar-refractivity contribution in [2.45, 2.75) is 56.0 Å². The van der Waals surface area contributed by atoms with Gasteiger partial charge in [-0.25, -0.2) is 4.79 Å². The second-order valence-electron chi connectivity index (χ2n) is 6.83. The third kappa shape index (κ3) is 5.24. The van der Waals surface area contributed by atoms with Gasteiger partial charge in [0.1, 0.15) is 0 Å². The summed E-state index contributed by atoms with van der Waals surface area (Å²) in [6, 6.07) is 0. The Hall–Kier alpha value is -0.995. The van der Waals surface area contributed by atoms with Crippen LogP contribution in [0.5, 0.6) is 0 Å². The van der Waals surface area contributed by atoms with E-state index in [-0.39, 0.29) is 0 Å². The first kappa shape index (κ1) is 22.0. The normalized spacial score (nSPS) is 23.0. The van der Waals surface area contributed by atoms with E-state index in [0.29, 0.717) is 4.90 Å². The van der Waals surface area contributed by atoms with Gasteiger partial charge in [0.2, 0.25) is 0 Å². The van der Waals surface area contributed by atoms with Gasteiger partial charge in [-0.2, -0.15) is 26.3 Å². The van der Waals surface area contributed by atoms with E-state index in [9.17, 15) is 31.1 Å². The van der Waals surface area contributed by atoms with E-state index in [2.05, 4.69) is 4.74 Å². The van der Waals surface area contributed by atoms with Crippen molar-refractivity contribution in [3.63, 3.8) is 0 Å². The second kappa shape index (κ2) is 6.62. The Balaban J connectivity index is 2.98. The van der Waals surface area contributed by atoms with Crippen LogP contribution in [-0.2, 0) is 4.74 Å². The van der Waals surface area contributed by atoms with Crippen LogP contribution in [0.4, 0.5) is 31.1 Å². The summed E-state index contributed by atoms with van der Waals surface area (Å²) in [7, 11) is 17.6. The van der Waals surface area contributed by atoms with Crippen molar-refractivity contribution in [2.75, 3.05) is 13.1 Å². The molecule has 0 spiro atoms. The van der Waals surface area contributed by atoms with E-state index in [4.69, 9.17) is 23.5 Å². The highest BCUT2D eigenvalue weighted by molar-refractivity contribution is 6.40. The molecule has 6 radical (unpaired) electrons. The third-order valence-corrected chi connectivity index (χ3v) is 3.43. The van der Waals surface area contributed by atoms with Gasteiger partial charge in [-0.05, 0) is 32.1 Å². The summed E-state index contributed by atoms with van der Waals surface area (Å²) in [4.78, 5) is 13.7. The molecule has 1 atom stereocenters. The van der Waals surface area contributed by atoms with Gasteiger partial charge in [0.15, 0.2) is 0 Å². The molecule has 0 aromatic carbocycles. The number of carbonyl (C=O) groups is 1. The SMILES string of the molecule is [B]C1CN(C(=O)OC(C(F)(F)F)C(F)(F)F)CC([B])([B])N1C(C)(C)C. The van der Waals surface area contributed by atoms with Crippen LogP contribution < -0.4 is 0 Å². The summed E-state index contributed by atoms with van der Waals surface area (Å²) in [5, 5.41) is -1.78. The molecule has 1 saturated heterocycles. The number of alkyl halides is 6. The Bertz CT molecular complexity index is 493. The first-order valence-corrected chi connectivity index (χ1v) is 7.09. The van der Waals surface area contributed by atoms with Gasteiger partial charge in [-0.15, -0.1) is 0 Å². The highest BCUT2D eigenvalue weighted by Gasteiger charge is 2.60. The number of rotatable bonds is 1. The number of halogens is 6. The summed E-state index contributed by atoms with van der Waals surface area (Å²) in [5.74, 6) is -1.02. The maximum atomic E-state index is 12.5. The fourth-order valence-corrected chi connectivity index (χ4v) is 2.82. The zero-order chi connectivity index (χ0) is 20.0. The van der Waals surface area contributed by atoms with Crippen molar-refractivity contribution in [1.82, 2.24) is 9.80 Å². The number of carbonyl (C=O) groups excluding carboxylic acids is 1. The largest absolute Gasteiger partial charge is 0.434 e. The highest BCUT2D eigenvalue weighted by Crippen LogP contribution is 2.36. The van der Waals surface area contributed by atoms with Crippen LogP contribution in [0.15, 0.2) is 0 Å². The van der Waals surface area contributed by atoms with Gasteiger partial charge in [-0.1, -0.05) is 0 Å². The Labute approximate surface area is 145 Å². The topological polar surface area (TPSA) is 32.8 Å². The number of nitrogens with zero attached hydrogens (tertiary/aromatic N) is 2. The smallest absolute Gasteiger partial charge is 0.426 e. The fourth-order valence-electron chi connectivity index (χ4n) is 2.82. The lowest BCUT2D eigenvalue weighted by atomic mass is 9.56. The first-order valence-electron chi connectivity index (χ1n) is 7.09. The Morgan fingerprint density at radius 2 is 1.56 bits per heavy atom. The highest BCUT2D eigenvalue weighted by atomic mass is 19.4. The van der Waals surface area contributed by atoms with Gasteiger partial charge < -0.3 is 14.5 Å². The molecule has 1 aliphatic rings. The minimum Gasteiger partial charge on any atom is -0.426 e. The quantitative estimate of drug-likeness (QED) is 0.522. The first-order chi connectivity index (χ1) is 10.9. The van der Waals surface area contributed by atoms with E-state index in [1.165, 1.54) is 4.90 Å². The van der Waals surface area contributed by atoms with Crippen molar-refractivity contribution >= 4 is 29.6 Å². The standard InChI is InChI=1S/C12H15B3F6N2O2/c1-9(2,3)23-6(13)4-22(5-10(23,14)15)8(24)25-7(11(16,17)18)12(19,20)21/h6-7H,4-5H2,1-3H3. The molecule has 4 nitrogen and oxygen atoms in total. The van der Waals surface area contributed by atoms with Crippen molar-refractivity contribution in [3.8, 4) is 0 Å². The zero-order valence-electron chi connectivity index (χ0n) is 13.8. The lowest BCUT2D eigenvalue weighted by Gasteiger charge is -2.57. The lowest BCUT2D eigenvalue weighted by Crippen LogP contribution is -2.73. The minimum atomic E-state index is -5.81. The van der Waals surface area contributed by atoms with E-state index in [0.717, 1.165) is 0 Å². The molecule has 1 unspecified atom stereocenters. The summed E-state index contributed by atoms with van der Waals surface area (Å²) < 4.78 is 78.6. The van der Waals surface area contributed by atoms with Crippen molar-refractivity contribution in [2.24, 2.45) is 0 Å². The van der Waals surface area contributed by atoms with E-state index in [1.54, 1.807) is 20.8 Å². The Morgan fingerprint density at radius 1 is 1.12 bits per heavy atom. The summed E-state index contributed by atoms with van der Waals surface area (Å²) in [6.07, 6.45) is -17.7. The number of piperazine rings is 1. The Morgan fingerprint density at radius 3 is 1.88 bits per heavy atom. The summed E-state index contributed by atoms with van der Waals surface area (Å²) in [6.45, 7) is 4.14. The molecule has 0 aromatic rings. The Kier molecular flexibility index (Phi) is 5.84. The molecule has 13 heteroatoms. The summed E-state index contributed by atoms with van der Waals surface area (Å²) >= 11 is 0. The molecule has 1 fully saturated rings. The monoisotopic (exact) mass is 366 g/mol. The predicted octanol–water partition coefficient (Wildman–Crippen LogP) is 1.52.